The molecule has 1 amide bonds. The molecule has 0 saturated heterocycles. The van der Waals surface area contributed by atoms with Crippen molar-refractivity contribution in [1.29, 1.82) is 0 Å². The first kappa shape index (κ1) is 15.5. The highest BCUT2D eigenvalue weighted by atomic mass is 16.6. The molecule has 106 valence electrons. The number of hydrogen-bond acceptors (Lipinski definition) is 2. The van der Waals surface area contributed by atoms with Crippen LogP contribution in [0, 0.1) is 0 Å². The van der Waals surface area contributed by atoms with Gasteiger partial charge in [0.05, 0.1) is 0 Å². The van der Waals surface area contributed by atoms with Crippen LogP contribution >= 0.6 is 0 Å². The zero-order valence-electron chi connectivity index (χ0n) is 12.6. The molecule has 0 fully saturated rings. The molecule has 0 spiro atoms. The first-order chi connectivity index (χ1) is 8.97. The molecular formula is C16H25NO2. The fourth-order valence-electron chi connectivity index (χ4n) is 2.26. The molecule has 3 heteroatoms. The lowest BCUT2D eigenvalue weighted by molar-refractivity contribution is 0.0432. The fraction of sp³-hybridized carbons (Fsp3) is 0.562. The Labute approximate surface area is 116 Å². The monoisotopic (exact) mass is 263 g/mol. The molecule has 3 nitrogen and oxygen atoms in total. The van der Waals surface area contributed by atoms with Crippen LogP contribution < -0.4 is 0 Å². The van der Waals surface area contributed by atoms with E-state index in [1.54, 1.807) is 4.90 Å². The third-order valence-corrected chi connectivity index (χ3v) is 3.11. The van der Waals surface area contributed by atoms with E-state index in [4.69, 9.17) is 4.74 Å². The Balaban J connectivity index is 2.78. The molecule has 0 bridgehead atoms. The van der Waals surface area contributed by atoms with Crippen molar-refractivity contribution in [3.63, 3.8) is 0 Å². The molecule has 0 aromatic heterocycles. The summed E-state index contributed by atoms with van der Waals surface area (Å²) in [5.74, 6) is 0. The molecule has 0 saturated carbocycles. The van der Waals surface area contributed by atoms with Gasteiger partial charge in [0.25, 0.3) is 0 Å². The summed E-state index contributed by atoms with van der Waals surface area (Å²) in [6.45, 7) is 10.0. The third-order valence-electron chi connectivity index (χ3n) is 3.11. The maximum atomic E-state index is 12.3. The minimum atomic E-state index is -0.235. The summed E-state index contributed by atoms with van der Waals surface area (Å²) in [4.78, 5) is 14.0. The number of amides is 1. The van der Waals surface area contributed by atoms with E-state index in [0.29, 0.717) is 0 Å². The summed E-state index contributed by atoms with van der Waals surface area (Å²) in [7, 11) is 0. The van der Waals surface area contributed by atoms with Gasteiger partial charge in [0, 0.05) is 12.1 Å². The lowest BCUT2D eigenvalue weighted by Crippen LogP contribution is -2.42. The lowest BCUT2D eigenvalue weighted by Gasteiger charge is -2.31. The topological polar surface area (TPSA) is 29.5 Å². The second-order valence-electron chi connectivity index (χ2n) is 5.29. The molecular weight excluding hydrogens is 238 g/mol. The number of nitrogens with zero attached hydrogens (tertiary/aromatic N) is 1. The quantitative estimate of drug-likeness (QED) is 0.788. The van der Waals surface area contributed by atoms with E-state index >= 15 is 0 Å². The van der Waals surface area contributed by atoms with Crippen LogP contribution in [-0.4, -0.2) is 23.1 Å². The van der Waals surface area contributed by atoms with Crippen molar-refractivity contribution < 1.29 is 9.53 Å². The molecule has 19 heavy (non-hydrogen) atoms. The molecule has 0 radical (unpaired) electrons. The number of carbonyl (C=O) groups is 1. The maximum absolute atomic E-state index is 12.3. The molecule has 1 unspecified atom stereocenters. The van der Waals surface area contributed by atoms with Gasteiger partial charge in [-0.3, -0.25) is 0 Å². The summed E-state index contributed by atoms with van der Waals surface area (Å²) in [5.41, 5.74) is 1.05. The van der Waals surface area contributed by atoms with Crippen LogP contribution in [0.3, 0.4) is 0 Å². The largest absolute Gasteiger partial charge is 0.441 e. The zero-order chi connectivity index (χ0) is 14.4. The van der Waals surface area contributed by atoms with Gasteiger partial charge in [-0.25, -0.2) is 4.79 Å². The van der Waals surface area contributed by atoms with Crippen molar-refractivity contribution in [2.75, 3.05) is 0 Å². The van der Waals surface area contributed by atoms with Gasteiger partial charge in [0.2, 0.25) is 0 Å². The highest BCUT2D eigenvalue weighted by molar-refractivity contribution is 5.68. The Bertz CT molecular complexity index is 379. The third kappa shape index (κ3) is 4.27. The minimum absolute atomic E-state index is 0.140. The van der Waals surface area contributed by atoms with Crippen molar-refractivity contribution >= 4 is 6.09 Å². The number of rotatable bonds is 5. The number of ether oxygens (including phenoxy) is 1. The second-order valence-corrected chi connectivity index (χ2v) is 5.29. The van der Waals surface area contributed by atoms with Crippen LogP contribution in [0.1, 0.15) is 52.7 Å². The molecule has 0 aliphatic heterocycles. The van der Waals surface area contributed by atoms with Crippen molar-refractivity contribution in [2.45, 2.75) is 59.2 Å². The van der Waals surface area contributed by atoms with E-state index in [1.807, 2.05) is 65.0 Å². The Hall–Kier alpha value is -1.51. The predicted octanol–water partition coefficient (Wildman–Crippen LogP) is 4.39. The van der Waals surface area contributed by atoms with E-state index in [1.165, 1.54) is 0 Å². The molecule has 0 aliphatic rings. The van der Waals surface area contributed by atoms with Crippen molar-refractivity contribution in [2.24, 2.45) is 0 Å². The zero-order valence-corrected chi connectivity index (χ0v) is 12.6. The Kier molecular flexibility index (Phi) is 5.87. The Morgan fingerprint density at radius 3 is 2.05 bits per heavy atom. The van der Waals surface area contributed by atoms with Crippen molar-refractivity contribution in [3.8, 4) is 0 Å². The Morgan fingerprint density at radius 1 is 1.11 bits per heavy atom. The van der Waals surface area contributed by atoms with Crippen LogP contribution in [0.5, 0.6) is 0 Å². The summed E-state index contributed by atoms with van der Waals surface area (Å²) < 4.78 is 5.66. The number of carbonyl (C=O) groups excluding carboxylic acids is 1. The van der Waals surface area contributed by atoms with Crippen LogP contribution in [0.4, 0.5) is 4.79 Å². The van der Waals surface area contributed by atoms with E-state index in [-0.39, 0.29) is 24.3 Å². The normalized spacial score (nSPS) is 12.6. The van der Waals surface area contributed by atoms with Crippen molar-refractivity contribution in [3.05, 3.63) is 35.9 Å². The summed E-state index contributed by atoms with van der Waals surface area (Å²) in [5, 5.41) is 0. The van der Waals surface area contributed by atoms with Gasteiger partial charge in [-0.15, -0.1) is 0 Å². The SMILES string of the molecule is CCC(OC(=O)N(C(C)C)C(C)C)c1ccccc1. The highest BCUT2D eigenvalue weighted by Crippen LogP contribution is 2.22. The molecule has 1 rings (SSSR count). The molecule has 1 aromatic carbocycles. The summed E-state index contributed by atoms with van der Waals surface area (Å²) in [6.07, 6.45) is 0.370. The Morgan fingerprint density at radius 2 is 1.63 bits per heavy atom. The number of benzene rings is 1. The van der Waals surface area contributed by atoms with E-state index in [9.17, 15) is 4.79 Å². The van der Waals surface area contributed by atoms with Gasteiger partial charge in [-0.05, 0) is 39.7 Å². The highest BCUT2D eigenvalue weighted by Gasteiger charge is 2.24. The van der Waals surface area contributed by atoms with Crippen LogP contribution in [-0.2, 0) is 4.74 Å². The standard InChI is InChI=1S/C16H25NO2/c1-6-15(14-10-8-7-9-11-14)19-16(18)17(12(2)3)13(4)5/h7-13,15H,6H2,1-5H3. The number of hydrogen-bond donors (Lipinski definition) is 0. The van der Waals surface area contributed by atoms with Gasteiger partial charge in [0.15, 0.2) is 0 Å². The average Bonchev–Trinajstić information content (AvgIpc) is 2.36. The minimum Gasteiger partial charge on any atom is -0.441 e. The summed E-state index contributed by atoms with van der Waals surface area (Å²) in [6, 6.07) is 10.2. The van der Waals surface area contributed by atoms with Crippen LogP contribution in [0.2, 0.25) is 0 Å². The molecule has 1 aromatic rings. The van der Waals surface area contributed by atoms with Gasteiger partial charge in [-0.1, -0.05) is 37.3 Å². The molecule has 1 atom stereocenters. The lowest BCUT2D eigenvalue weighted by atomic mass is 10.1. The van der Waals surface area contributed by atoms with Crippen molar-refractivity contribution in [1.82, 2.24) is 4.90 Å². The van der Waals surface area contributed by atoms with E-state index in [2.05, 4.69) is 0 Å². The maximum Gasteiger partial charge on any atom is 0.410 e. The van der Waals surface area contributed by atoms with E-state index < -0.39 is 0 Å². The molecule has 0 N–H and O–H groups in total. The second kappa shape index (κ2) is 7.17. The van der Waals surface area contributed by atoms with E-state index in [0.717, 1.165) is 12.0 Å². The molecule has 0 heterocycles. The van der Waals surface area contributed by atoms with Crippen LogP contribution in [0.25, 0.3) is 0 Å². The smallest absolute Gasteiger partial charge is 0.410 e. The molecule has 0 aliphatic carbocycles. The first-order valence-corrected chi connectivity index (χ1v) is 7.01. The fourth-order valence-corrected chi connectivity index (χ4v) is 2.26. The average molecular weight is 263 g/mol. The summed E-state index contributed by atoms with van der Waals surface area (Å²) >= 11 is 0. The first-order valence-electron chi connectivity index (χ1n) is 7.01. The van der Waals surface area contributed by atoms with Crippen LogP contribution in [0.15, 0.2) is 30.3 Å². The van der Waals surface area contributed by atoms with Gasteiger partial charge >= 0.3 is 6.09 Å². The van der Waals surface area contributed by atoms with Gasteiger partial charge in [0.1, 0.15) is 6.10 Å². The van der Waals surface area contributed by atoms with Gasteiger partial charge < -0.3 is 9.64 Å². The van der Waals surface area contributed by atoms with Gasteiger partial charge in [-0.2, -0.15) is 0 Å². The predicted molar refractivity (Wildman–Crippen MR) is 78.1 cm³/mol.